The molecule has 1 aromatic heterocycles. The Labute approximate surface area is 127 Å². The van der Waals surface area contributed by atoms with E-state index in [0.29, 0.717) is 24.5 Å². The number of hydrogen-bond acceptors (Lipinski definition) is 2. The number of carbonyl (C=O) groups is 1. The molecule has 0 N–H and O–H groups in total. The molecule has 0 aliphatic heterocycles. The molecule has 1 heterocycles. The maximum absolute atomic E-state index is 12.0. The molecule has 0 bridgehead atoms. The Balaban J connectivity index is 1.80. The van der Waals surface area contributed by atoms with E-state index in [4.69, 9.17) is 0 Å². The highest BCUT2D eigenvalue weighted by Crippen LogP contribution is 2.15. The molecule has 0 radical (unpaired) electrons. The van der Waals surface area contributed by atoms with Crippen molar-refractivity contribution >= 4 is 5.78 Å². The summed E-state index contributed by atoms with van der Waals surface area (Å²) in [6.45, 7) is 4.32. The molecule has 0 saturated carbocycles. The number of ketones is 1. The summed E-state index contributed by atoms with van der Waals surface area (Å²) in [6, 6.07) is 12.3. The molecule has 0 aliphatic carbocycles. The van der Waals surface area contributed by atoms with Gasteiger partial charge in [0.25, 0.3) is 0 Å². The van der Waals surface area contributed by atoms with Crippen molar-refractivity contribution in [2.75, 3.05) is 0 Å². The predicted molar refractivity (Wildman–Crippen MR) is 86.4 cm³/mol. The first kappa shape index (κ1) is 15.4. The molecule has 1 aromatic carbocycles. The quantitative estimate of drug-likeness (QED) is 0.755. The van der Waals surface area contributed by atoms with Crippen molar-refractivity contribution < 1.29 is 4.79 Å². The number of hydrogen-bond donors (Lipinski definition) is 0. The van der Waals surface area contributed by atoms with Crippen LogP contribution < -0.4 is 0 Å². The Morgan fingerprint density at radius 3 is 2.33 bits per heavy atom. The third kappa shape index (κ3) is 5.14. The first-order chi connectivity index (χ1) is 10.1. The fraction of sp³-hybridized carbons (Fsp3) is 0.368. The lowest BCUT2D eigenvalue weighted by atomic mass is 10.00. The van der Waals surface area contributed by atoms with Crippen LogP contribution in [0.2, 0.25) is 0 Å². The van der Waals surface area contributed by atoms with E-state index in [-0.39, 0.29) is 0 Å². The Hall–Kier alpha value is -1.96. The Morgan fingerprint density at radius 1 is 1.00 bits per heavy atom. The number of aryl methyl sites for hydroxylation is 2. The molecule has 110 valence electrons. The van der Waals surface area contributed by atoms with Crippen LogP contribution in [0.15, 0.2) is 48.8 Å². The predicted octanol–water partition coefficient (Wildman–Crippen LogP) is 4.34. The monoisotopic (exact) mass is 281 g/mol. The van der Waals surface area contributed by atoms with Crippen LogP contribution in [0, 0.1) is 0 Å². The molecule has 2 heteroatoms. The van der Waals surface area contributed by atoms with Gasteiger partial charge in [-0.15, -0.1) is 0 Å². The molecule has 2 nitrogen and oxygen atoms in total. The number of benzene rings is 1. The maximum Gasteiger partial charge on any atom is 0.133 e. The van der Waals surface area contributed by atoms with E-state index in [1.807, 2.05) is 30.6 Å². The molecule has 0 aliphatic rings. The van der Waals surface area contributed by atoms with Gasteiger partial charge < -0.3 is 0 Å². The van der Waals surface area contributed by atoms with Gasteiger partial charge in [-0.05, 0) is 35.4 Å². The van der Waals surface area contributed by atoms with Crippen LogP contribution in [-0.4, -0.2) is 10.8 Å². The Bertz CT molecular complexity index is 575. The van der Waals surface area contributed by atoms with Crippen LogP contribution >= 0.6 is 0 Å². The smallest absolute Gasteiger partial charge is 0.133 e. The van der Waals surface area contributed by atoms with Crippen molar-refractivity contribution in [2.45, 2.75) is 45.4 Å². The van der Waals surface area contributed by atoms with Gasteiger partial charge in [0, 0.05) is 25.2 Å². The first-order valence-electron chi connectivity index (χ1n) is 7.64. The zero-order valence-corrected chi connectivity index (χ0v) is 12.9. The molecule has 0 saturated heterocycles. The summed E-state index contributed by atoms with van der Waals surface area (Å²) < 4.78 is 0. The average molecular weight is 281 g/mol. The molecule has 2 rings (SSSR count). The zero-order valence-electron chi connectivity index (χ0n) is 12.9. The molecule has 0 spiro atoms. The van der Waals surface area contributed by atoms with Crippen LogP contribution in [0.25, 0.3) is 0 Å². The first-order valence-corrected chi connectivity index (χ1v) is 7.64. The van der Waals surface area contributed by atoms with Crippen LogP contribution in [0.3, 0.4) is 0 Å². The van der Waals surface area contributed by atoms with Gasteiger partial charge in [0.05, 0.1) is 0 Å². The van der Waals surface area contributed by atoms with Crippen LogP contribution in [0.1, 0.15) is 49.3 Å². The van der Waals surface area contributed by atoms with Crippen molar-refractivity contribution in [3.05, 3.63) is 65.5 Å². The highest BCUT2D eigenvalue weighted by Gasteiger charge is 2.06. The largest absolute Gasteiger partial charge is 0.300 e. The van der Waals surface area contributed by atoms with E-state index in [1.54, 1.807) is 0 Å². The topological polar surface area (TPSA) is 30.0 Å². The SMILES string of the molecule is CC(C)c1cncc(CCC(=O)CCc2ccccc2)c1. The van der Waals surface area contributed by atoms with E-state index >= 15 is 0 Å². The van der Waals surface area contributed by atoms with E-state index < -0.39 is 0 Å². The van der Waals surface area contributed by atoms with Crippen molar-refractivity contribution in [1.82, 2.24) is 4.98 Å². The number of nitrogens with zero attached hydrogens (tertiary/aromatic N) is 1. The third-order valence-corrected chi connectivity index (χ3v) is 3.71. The zero-order chi connectivity index (χ0) is 15.1. The standard InChI is InChI=1S/C19H23NO/c1-15(2)18-12-17(13-20-14-18)9-11-19(21)10-8-16-6-4-3-5-7-16/h3-7,12-15H,8-11H2,1-2H3. The van der Waals surface area contributed by atoms with Crippen molar-refractivity contribution in [3.63, 3.8) is 0 Å². The molecule has 0 unspecified atom stereocenters. The summed E-state index contributed by atoms with van der Waals surface area (Å²) in [5.41, 5.74) is 3.63. The molecule has 0 atom stereocenters. The highest BCUT2D eigenvalue weighted by atomic mass is 16.1. The number of rotatable bonds is 7. The molecule has 0 amide bonds. The Kier molecular flexibility index (Phi) is 5.68. The summed E-state index contributed by atoms with van der Waals surface area (Å²) in [5, 5.41) is 0. The number of Topliss-reactive ketones (excluding diaryl/α,β-unsaturated/α-hetero) is 1. The summed E-state index contributed by atoms with van der Waals surface area (Å²) in [5.74, 6) is 0.806. The molecule has 0 fully saturated rings. The van der Waals surface area contributed by atoms with E-state index in [2.05, 4.69) is 37.0 Å². The second-order valence-corrected chi connectivity index (χ2v) is 5.81. The van der Waals surface area contributed by atoms with Gasteiger partial charge in [0.1, 0.15) is 5.78 Å². The van der Waals surface area contributed by atoms with Crippen molar-refractivity contribution in [3.8, 4) is 0 Å². The summed E-state index contributed by atoms with van der Waals surface area (Å²) in [7, 11) is 0. The fourth-order valence-electron chi connectivity index (χ4n) is 2.30. The maximum atomic E-state index is 12.0. The van der Waals surface area contributed by atoms with Crippen LogP contribution in [0.5, 0.6) is 0 Å². The van der Waals surface area contributed by atoms with Gasteiger partial charge in [-0.2, -0.15) is 0 Å². The van der Waals surface area contributed by atoms with Crippen LogP contribution in [0.4, 0.5) is 0 Å². The minimum atomic E-state index is 0.328. The lowest BCUT2D eigenvalue weighted by molar-refractivity contribution is -0.119. The Morgan fingerprint density at radius 2 is 1.67 bits per heavy atom. The summed E-state index contributed by atoms with van der Waals surface area (Å²) >= 11 is 0. The van der Waals surface area contributed by atoms with Crippen molar-refractivity contribution in [2.24, 2.45) is 0 Å². The summed E-state index contributed by atoms with van der Waals surface area (Å²) in [4.78, 5) is 16.3. The third-order valence-electron chi connectivity index (χ3n) is 3.71. The molecular formula is C19H23NO. The minimum absolute atomic E-state index is 0.328. The molecule has 2 aromatic rings. The van der Waals surface area contributed by atoms with E-state index in [1.165, 1.54) is 11.1 Å². The normalized spacial score (nSPS) is 10.8. The second-order valence-electron chi connectivity index (χ2n) is 5.81. The number of carbonyl (C=O) groups excluding carboxylic acids is 1. The van der Waals surface area contributed by atoms with E-state index in [9.17, 15) is 4.79 Å². The summed E-state index contributed by atoms with van der Waals surface area (Å²) in [6.07, 6.45) is 6.64. The highest BCUT2D eigenvalue weighted by molar-refractivity contribution is 5.78. The molecule has 21 heavy (non-hydrogen) atoms. The van der Waals surface area contributed by atoms with Crippen molar-refractivity contribution in [1.29, 1.82) is 0 Å². The minimum Gasteiger partial charge on any atom is -0.300 e. The average Bonchev–Trinajstić information content (AvgIpc) is 2.52. The van der Waals surface area contributed by atoms with Gasteiger partial charge in [-0.1, -0.05) is 50.2 Å². The molecular weight excluding hydrogens is 258 g/mol. The van der Waals surface area contributed by atoms with Crippen LogP contribution in [-0.2, 0) is 17.6 Å². The lowest BCUT2D eigenvalue weighted by Gasteiger charge is -2.07. The van der Waals surface area contributed by atoms with Gasteiger partial charge in [-0.3, -0.25) is 9.78 Å². The second kappa shape index (κ2) is 7.72. The lowest BCUT2D eigenvalue weighted by Crippen LogP contribution is -2.03. The fourth-order valence-corrected chi connectivity index (χ4v) is 2.30. The number of aromatic nitrogens is 1. The van der Waals surface area contributed by atoms with Gasteiger partial charge in [0.15, 0.2) is 0 Å². The van der Waals surface area contributed by atoms with E-state index in [0.717, 1.165) is 18.4 Å². The van der Waals surface area contributed by atoms with Gasteiger partial charge in [-0.25, -0.2) is 0 Å². The number of pyridine rings is 1. The van der Waals surface area contributed by atoms with Gasteiger partial charge in [0.2, 0.25) is 0 Å². The van der Waals surface area contributed by atoms with Gasteiger partial charge >= 0.3 is 0 Å².